The van der Waals surface area contributed by atoms with Crippen LogP contribution in [0.15, 0.2) is 30.5 Å². The molecular formula is C19H26N4O2. The van der Waals surface area contributed by atoms with Crippen LogP contribution in [0, 0.1) is 0 Å². The van der Waals surface area contributed by atoms with Crippen molar-refractivity contribution in [3.05, 3.63) is 41.7 Å². The molecule has 1 aromatic carbocycles. The molecule has 0 unspecified atom stereocenters. The Kier molecular flexibility index (Phi) is 4.72. The molecule has 0 radical (unpaired) electrons. The summed E-state index contributed by atoms with van der Waals surface area (Å²) in [6.07, 6.45) is 6.82. The third-order valence-corrected chi connectivity index (χ3v) is 5.66. The molecule has 1 aromatic heterocycles. The number of benzene rings is 1. The molecule has 25 heavy (non-hydrogen) atoms. The van der Waals surface area contributed by atoms with Crippen molar-refractivity contribution in [3.8, 4) is 5.75 Å². The highest BCUT2D eigenvalue weighted by Gasteiger charge is 2.28. The van der Waals surface area contributed by atoms with E-state index in [1.807, 2.05) is 23.0 Å². The van der Waals surface area contributed by atoms with Crippen molar-refractivity contribution in [1.29, 1.82) is 0 Å². The summed E-state index contributed by atoms with van der Waals surface area (Å²) in [6.45, 7) is 2.87. The maximum Gasteiger partial charge on any atom is 0.115 e. The predicted octanol–water partition coefficient (Wildman–Crippen LogP) is 2.45. The van der Waals surface area contributed by atoms with Gasteiger partial charge < -0.3 is 10.2 Å². The fourth-order valence-electron chi connectivity index (χ4n) is 4.21. The minimum atomic E-state index is -0.285. The predicted molar refractivity (Wildman–Crippen MR) is 94.3 cm³/mol. The largest absolute Gasteiger partial charge is 0.508 e. The second-order valence-corrected chi connectivity index (χ2v) is 7.40. The van der Waals surface area contributed by atoms with Crippen molar-refractivity contribution >= 4 is 0 Å². The summed E-state index contributed by atoms with van der Waals surface area (Å²) in [7, 11) is 0. The Morgan fingerprint density at radius 1 is 1.12 bits per heavy atom. The van der Waals surface area contributed by atoms with E-state index < -0.39 is 0 Å². The van der Waals surface area contributed by atoms with Gasteiger partial charge in [-0.05, 0) is 68.8 Å². The first-order valence-electron chi connectivity index (χ1n) is 9.29. The van der Waals surface area contributed by atoms with Gasteiger partial charge in [-0.1, -0.05) is 17.3 Å². The topological polar surface area (TPSA) is 74.4 Å². The van der Waals surface area contributed by atoms with Gasteiger partial charge in [0.05, 0.1) is 24.0 Å². The van der Waals surface area contributed by atoms with E-state index in [9.17, 15) is 10.2 Å². The number of piperidine rings is 1. The number of hydrogen-bond acceptors (Lipinski definition) is 5. The smallest absolute Gasteiger partial charge is 0.115 e. The summed E-state index contributed by atoms with van der Waals surface area (Å²) < 4.78 is 1.85. The van der Waals surface area contributed by atoms with Gasteiger partial charge in [-0.2, -0.15) is 0 Å². The molecule has 2 fully saturated rings. The van der Waals surface area contributed by atoms with E-state index in [2.05, 4.69) is 21.3 Å². The Hall–Kier alpha value is -1.92. The lowest BCUT2D eigenvalue weighted by atomic mass is 9.89. The minimum absolute atomic E-state index is 0.0951. The van der Waals surface area contributed by atoms with E-state index in [-0.39, 0.29) is 12.1 Å². The van der Waals surface area contributed by atoms with Gasteiger partial charge in [-0.3, -0.25) is 4.90 Å². The molecule has 0 bridgehead atoms. The lowest BCUT2D eigenvalue weighted by molar-refractivity contribution is 0.129. The molecule has 1 saturated heterocycles. The Labute approximate surface area is 148 Å². The molecule has 0 spiro atoms. The van der Waals surface area contributed by atoms with Crippen molar-refractivity contribution in [3.63, 3.8) is 0 Å². The molecule has 2 aromatic rings. The second-order valence-electron chi connectivity index (χ2n) is 7.40. The summed E-state index contributed by atoms with van der Waals surface area (Å²) in [5.41, 5.74) is 2.22. The molecule has 2 N–H and O–H groups in total. The van der Waals surface area contributed by atoms with E-state index in [0.717, 1.165) is 57.4 Å². The van der Waals surface area contributed by atoms with Crippen molar-refractivity contribution in [2.24, 2.45) is 0 Å². The number of aliphatic hydroxyl groups is 1. The zero-order valence-corrected chi connectivity index (χ0v) is 14.5. The van der Waals surface area contributed by atoms with Gasteiger partial charge in [-0.15, -0.1) is 5.10 Å². The van der Waals surface area contributed by atoms with Gasteiger partial charge in [0.1, 0.15) is 5.75 Å². The summed E-state index contributed by atoms with van der Waals surface area (Å²) in [5.74, 6) is 0.873. The summed E-state index contributed by atoms with van der Waals surface area (Å²) in [4.78, 5) is 2.42. The first-order valence-corrected chi connectivity index (χ1v) is 9.29. The quantitative estimate of drug-likeness (QED) is 0.893. The van der Waals surface area contributed by atoms with Gasteiger partial charge in [0.2, 0.25) is 0 Å². The Bertz CT molecular complexity index is 709. The molecule has 4 rings (SSSR count). The van der Waals surface area contributed by atoms with Crippen LogP contribution in [-0.4, -0.2) is 49.3 Å². The fourth-order valence-corrected chi connectivity index (χ4v) is 4.21. The van der Waals surface area contributed by atoms with Gasteiger partial charge in [0.25, 0.3) is 0 Å². The van der Waals surface area contributed by atoms with Crippen molar-refractivity contribution < 1.29 is 10.2 Å². The van der Waals surface area contributed by atoms with E-state index in [0.29, 0.717) is 11.7 Å². The van der Waals surface area contributed by atoms with Gasteiger partial charge in [0, 0.05) is 6.54 Å². The van der Waals surface area contributed by atoms with Crippen molar-refractivity contribution in [1.82, 2.24) is 19.9 Å². The number of phenols is 1. The Morgan fingerprint density at radius 2 is 1.96 bits per heavy atom. The average Bonchev–Trinajstić information content (AvgIpc) is 3.24. The van der Waals surface area contributed by atoms with Crippen LogP contribution in [0.3, 0.4) is 0 Å². The fraction of sp³-hybridized carbons (Fsp3) is 0.579. The van der Waals surface area contributed by atoms with Crippen LogP contribution in [0.4, 0.5) is 0 Å². The van der Waals surface area contributed by atoms with Crippen LogP contribution in [0.25, 0.3) is 0 Å². The number of aromatic nitrogens is 3. The highest BCUT2D eigenvalue weighted by Crippen LogP contribution is 2.31. The molecule has 1 aliphatic carbocycles. The van der Waals surface area contributed by atoms with Crippen LogP contribution in [-0.2, 0) is 6.54 Å². The monoisotopic (exact) mass is 342 g/mol. The molecule has 134 valence electrons. The maximum absolute atomic E-state index is 10.0. The third-order valence-electron chi connectivity index (χ3n) is 5.66. The van der Waals surface area contributed by atoms with Crippen LogP contribution in [0.2, 0.25) is 0 Å². The van der Waals surface area contributed by atoms with E-state index >= 15 is 0 Å². The van der Waals surface area contributed by atoms with E-state index in [1.54, 1.807) is 6.07 Å². The van der Waals surface area contributed by atoms with Crippen molar-refractivity contribution in [2.45, 2.75) is 56.7 Å². The lowest BCUT2D eigenvalue weighted by Gasteiger charge is -2.31. The molecule has 2 aliphatic rings. The molecule has 2 atom stereocenters. The number of likely N-dealkylation sites (tertiary alicyclic amines) is 1. The van der Waals surface area contributed by atoms with Crippen LogP contribution in [0.1, 0.15) is 55.3 Å². The SMILES string of the molecule is Oc1cccc(C2CCN(Cc3cn([C@@H]4CCC[C@H]4O)nn3)CC2)c1. The number of rotatable bonds is 4. The summed E-state index contributed by atoms with van der Waals surface area (Å²) in [6, 6.07) is 7.74. The Balaban J connectivity index is 1.32. The molecule has 1 saturated carbocycles. The normalized spacial score (nSPS) is 25.5. The summed E-state index contributed by atoms with van der Waals surface area (Å²) >= 11 is 0. The number of nitrogens with zero attached hydrogens (tertiary/aromatic N) is 4. The maximum atomic E-state index is 10.0. The average molecular weight is 342 g/mol. The Morgan fingerprint density at radius 3 is 2.68 bits per heavy atom. The lowest BCUT2D eigenvalue weighted by Crippen LogP contribution is -2.32. The molecule has 1 aliphatic heterocycles. The van der Waals surface area contributed by atoms with Crippen LogP contribution in [0.5, 0.6) is 5.75 Å². The number of aromatic hydroxyl groups is 1. The van der Waals surface area contributed by atoms with E-state index in [1.165, 1.54) is 5.56 Å². The first kappa shape index (κ1) is 16.5. The molecule has 6 nitrogen and oxygen atoms in total. The van der Waals surface area contributed by atoms with E-state index in [4.69, 9.17) is 0 Å². The van der Waals surface area contributed by atoms with Crippen LogP contribution < -0.4 is 0 Å². The zero-order chi connectivity index (χ0) is 17.2. The molecular weight excluding hydrogens is 316 g/mol. The third kappa shape index (κ3) is 3.70. The first-order chi connectivity index (χ1) is 12.2. The number of phenolic OH excluding ortho intramolecular Hbond substituents is 1. The number of hydrogen-bond donors (Lipinski definition) is 2. The highest BCUT2D eigenvalue weighted by atomic mass is 16.3. The van der Waals surface area contributed by atoms with Gasteiger partial charge >= 0.3 is 0 Å². The minimum Gasteiger partial charge on any atom is -0.508 e. The van der Waals surface area contributed by atoms with Gasteiger partial charge in [0.15, 0.2) is 0 Å². The zero-order valence-electron chi connectivity index (χ0n) is 14.5. The molecule has 6 heteroatoms. The van der Waals surface area contributed by atoms with Gasteiger partial charge in [-0.25, -0.2) is 4.68 Å². The molecule has 2 heterocycles. The number of aliphatic hydroxyl groups excluding tert-OH is 1. The summed E-state index contributed by atoms with van der Waals surface area (Å²) in [5, 5.41) is 28.2. The highest BCUT2D eigenvalue weighted by molar-refractivity contribution is 5.30. The van der Waals surface area contributed by atoms with Crippen molar-refractivity contribution in [2.75, 3.05) is 13.1 Å². The molecule has 0 amide bonds. The van der Waals surface area contributed by atoms with Crippen LogP contribution >= 0.6 is 0 Å². The second kappa shape index (κ2) is 7.14. The standard InChI is InChI=1S/C19H26N4O2/c24-17-4-1-3-15(11-17)14-7-9-22(10-8-14)12-16-13-23(21-20-16)18-5-2-6-19(18)25/h1,3-4,11,13-14,18-19,24-25H,2,5-10,12H2/t18-,19-/m1/s1.